The van der Waals surface area contributed by atoms with Crippen LogP contribution in [0.25, 0.3) is 5.69 Å². The van der Waals surface area contributed by atoms with Crippen molar-refractivity contribution >= 4 is 17.6 Å². The monoisotopic (exact) mass is 411 g/mol. The molecule has 0 bridgehead atoms. The van der Waals surface area contributed by atoms with Gasteiger partial charge in [-0.1, -0.05) is 39.0 Å². The van der Waals surface area contributed by atoms with Crippen LogP contribution in [0.4, 0.5) is 5.82 Å². The quantitative estimate of drug-likeness (QED) is 0.766. The van der Waals surface area contributed by atoms with E-state index in [0.29, 0.717) is 18.9 Å². The molecule has 1 saturated heterocycles. The molecule has 2 aromatic rings. The van der Waals surface area contributed by atoms with Gasteiger partial charge in [-0.15, -0.1) is 0 Å². The molecule has 0 unspecified atom stereocenters. The van der Waals surface area contributed by atoms with Gasteiger partial charge in [-0.2, -0.15) is 5.10 Å². The number of amides is 2. The van der Waals surface area contributed by atoms with Crippen molar-refractivity contribution in [3.63, 3.8) is 0 Å². The highest BCUT2D eigenvalue weighted by molar-refractivity contribution is 5.92. The van der Waals surface area contributed by atoms with Crippen LogP contribution in [0.15, 0.2) is 36.4 Å². The van der Waals surface area contributed by atoms with E-state index < -0.39 is 0 Å². The Labute approximate surface area is 178 Å². The predicted octanol–water partition coefficient (Wildman–Crippen LogP) is 2.96. The summed E-state index contributed by atoms with van der Waals surface area (Å²) in [6.45, 7) is 10.6. The fourth-order valence-electron chi connectivity index (χ4n) is 3.72. The van der Waals surface area contributed by atoms with Crippen molar-refractivity contribution < 1.29 is 9.59 Å². The number of likely N-dealkylation sites (tertiary alicyclic amines) is 1. The molecule has 2 amide bonds. The fraction of sp³-hybridized carbons (Fsp3) is 0.522. The third-order valence-electron chi connectivity index (χ3n) is 5.34. The summed E-state index contributed by atoms with van der Waals surface area (Å²) in [6, 6.07) is 11.7. The Morgan fingerprint density at radius 2 is 1.93 bits per heavy atom. The topological polar surface area (TPSA) is 79.3 Å². The second-order valence-corrected chi connectivity index (χ2v) is 8.93. The number of hydrogen-bond acceptors (Lipinski definition) is 4. The van der Waals surface area contributed by atoms with E-state index in [1.807, 2.05) is 43.3 Å². The first-order valence-corrected chi connectivity index (χ1v) is 10.7. The number of nitrogens with zero attached hydrogens (tertiary/aromatic N) is 3. The Hall–Kier alpha value is -2.67. The van der Waals surface area contributed by atoms with Crippen LogP contribution in [0.1, 0.15) is 46.2 Å². The van der Waals surface area contributed by atoms with Gasteiger partial charge in [0, 0.05) is 24.6 Å². The zero-order chi connectivity index (χ0) is 21.7. The van der Waals surface area contributed by atoms with Crippen molar-refractivity contribution in [2.45, 2.75) is 46.0 Å². The SMILES string of the molecule is CCNC(=O)[C@@H]1CCCN(CC(=O)Nc2cc(C(C)(C)C)nn2-c2ccccc2)C1. The van der Waals surface area contributed by atoms with Crippen molar-refractivity contribution in [1.29, 1.82) is 0 Å². The van der Waals surface area contributed by atoms with E-state index in [1.165, 1.54) is 0 Å². The van der Waals surface area contributed by atoms with E-state index in [0.717, 1.165) is 30.8 Å². The van der Waals surface area contributed by atoms with Crippen molar-refractivity contribution in [3.05, 3.63) is 42.1 Å². The van der Waals surface area contributed by atoms with Crippen LogP contribution in [-0.2, 0) is 15.0 Å². The molecule has 2 heterocycles. The molecule has 1 atom stereocenters. The molecule has 1 aliphatic heterocycles. The summed E-state index contributed by atoms with van der Waals surface area (Å²) >= 11 is 0. The van der Waals surface area contributed by atoms with Gasteiger partial charge in [0.15, 0.2) is 0 Å². The highest BCUT2D eigenvalue weighted by atomic mass is 16.2. The average Bonchev–Trinajstić information content (AvgIpc) is 3.13. The highest BCUT2D eigenvalue weighted by Gasteiger charge is 2.27. The lowest BCUT2D eigenvalue weighted by atomic mass is 9.92. The zero-order valence-electron chi connectivity index (χ0n) is 18.4. The summed E-state index contributed by atoms with van der Waals surface area (Å²) in [5.41, 5.74) is 1.68. The summed E-state index contributed by atoms with van der Waals surface area (Å²) in [6.07, 6.45) is 1.80. The van der Waals surface area contributed by atoms with Gasteiger partial charge in [0.2, 0.25) is 11.8 Å². The molecule has 7 nitrogen and oxygen atoms in total. The van der Waals surface area contributed by atoms with Crippen molar-refractivity contribution in [1.82, 2.24) is 20.0 Å². The summed E-state index contributed by atoms with van der Waals surface area (Å²) in [7, 11) is 0. The van der Waals surface area contributed by atoms with Crippen LogP contribution in [-0.4, -0.2) is 52.7 Å². The van der Waals surface area contributed by atoms with Crippen LogP contribution in [0, 0.1) is 5.92 Å². The van der Waals surface area contributed by atoms with Crippen LogP contribution < -0.4 is 10.6 Å². The molecule has 0 aliphatic carbocycles. The van der Waals surface area contributed by atoms with E-state index in [4.69, 9.17) is 5.10 Å². The molecule has 0 spiro atoms. The number of para-hydroxylation sites is 1. The molecule has 2 N–H and O–H groups in total. The van der Waals surface area contributed by atoms with Crippen molar-refractivity contribution in [3.8, 4) is 5.69 Å². The number of carbonyl (C=O) groups excluding carboxylic acids is 2. The number of hydrogen-bond donors (Lipinski definition) is 2. The molecule has 1 aromatic carbocycles. The molecule has 7 heteroatoms. The number of benzene rings is 1. The Morgan fingerprint density at radius 3 is 2.60 bits per heavy atom. The second-order valence-electron chi connectivity index (χ2n) is 8.93. The molecule has 1 aliphatic rings. The fourth-order valence-corrected chi connectivity index (χ4v) is 3.72. The Bertz CT molecular complexity index is 869. The Balaban J connectivity index is 1.72. The first-order valence-electron chi connectivity index (χ1n) is 10.7. The van der Waals surface area contributed by atoms with Crippen LogP contribution in [0.5, 0.6) is 0 Å². The Kier molecular flexibility index (Phi) is 6.92. The number of carbonyl (C=O) groups is 2. The molecule has 1 aromatic heterocycles. The van der Waals surface area contributed by atoms with Crippen molar-refractivity contribution in [2.24, 2.45) is 5.92 Å². The van der Waals surface area contributed by atoms with Gasteiger partial charge in [-0.3, -0.25) is 14.5 Å². The molecule has 3 rings (SSSR count). The van der Waals surface area contributed by atoms with Gasteiger partial charge < -0.3 is 10.6 Å². The lowest BCUT2D eigenvalue weighted by Gasteiger charge is -2.31. The molecule has 162 valence electrons. The summed E-state index contributed by atoms with van der Waals surface area (Å²) in [5, 5.41) is 10.7. The van der Waals surface area contributed by atoms with Gasteiger partial charge in [0.05, 0.1) is 23.8 Å². The van der Waals surface area contributed by atoms with Crippen LogP contribution in [0.2, 0.25) is 0 Å². The maximum absolute atomic E-state index is 12.8. The number of rotatable bonds is 6. The summed E-state index contributed by atoms with van der Waals surface area (Å²) < 4.78 is 1.78. The molecule has 0 radical (unpaired) electrons. The minimum Gasteiger partial charge on any atom is -0.356 e. The second kappa shape index (κ2) is 9.43. The maximum Gasteiger partial charge on any atom is 0.239 e. The third kappa shape index (κ3) is 5.48. The van der Waals surface area contributed by atoms with Gasteiger partial charge in [-0.25, -0.2) is 4.68 Å². The molecule has 1 fully saturated rings. The maximum atomic E-state index is 12.8. The molecular formula is C23H33N5O2. The van der Waals surface area contributed by atoms with Crippen LogP contribution >= 0.6 is 0 Å². The van der Waals surface area contributed by atoms with Crippen LogP contribution in [0.3, 0.4) is 0 Å². The van der Waals surface area contributed by atoms with E-state index in [2.05, 4.69) is 36.3 Å². The lowest BCUT2D eigenvalue weighted by Crippen LogP contribution is -2.45. The molecular weight excluding hydrogens is 378 g/mol. The van der Waals surface area contributed by atoms with E-state index in [9.17, 15) is 9.59 Å². The zero-order valence-corrected chi connectivity index (χ0v) is 18.4. The van der Waals surface area contributed by atoms with Crippen molar-refractivity contribution in [2.75, 3.05) is 31.5 Å². The van der Waals surface area contributed by atoms with Gasteiger partial charge >= 0.3 is 0 Å². The standard InChI is InChI=1S/C23H33N5O2/c1-5-24-22(30)17-10-9-13-27(15-17)16-21(29)25-20-14-19(23(2,3)4)26-28(20)18-11-7-6-8-12-18/h6-8,11-12,14,17H,5,9-10,13,15-16H2,1-4H3,(H,24,30)(H,25,29)/t17-/m1/s1. The van der Waals surface area contributed by atoms with Gasteiger partial charge in [0.25, 0.3) is 0 Å². The average molecular weight is 412 g/mol. The van der Waals surface area contributed by atoms with E-state index >= 15 is 0 Å². The normalized spacial score (nSPS) is 17.5. The van der Waals surface area contributed by atoms with E-state index in [1.54, 1.807) is 4.68 Å². The summed E-state index contributed by atoms with van der Waals surface area (Å²) in [4.78, 5) is 27.1. The number of anilines is 1. The summed E-state index contributed by atoms with van der Waals surface area (Å²) in [5.74, 6) is 0.603. The highest BCUT2D eigenvalue weighted by Crippen LogP contribution is 2.26. The minimum absolute atomic E-state index is 0.0474. The number of piperidine rings is 1. The number of nitrogens with one attached hydrogen (secondary N) is 2. The third-order valence-corrected chi connectivity index (χ3v) is 5.34. The van der Waals surface area contributed by atoms with Gasteiger partial charge in [0.1, 0.15) is 5.82 Å². The Morgan fingerprint density at radius 1 is 1.20 bits per heavy atom. The first kappa shape index (κ1) is 22.0. The lowest BCUT2D eigenvalue weighted by molar-refractivity contribution is -0.127. The minimum atomic E-state index is -0.133. The smallest absolute Gasteiger partial charge is 0.239 e. The van der Waals surface area contributed by atoms with Gasteiger partial charge in [-0.05, 0) is 38.4 Å². The number of aromatic nitrogens is 2. The van der Waals surface area contributed by atoms with E-state index in [-0.39, 0.29) is 29.7 Å². The molecule has 0 saturated carbocycles. The molecule has 30 heavy (non-hydrogen) atoms. The first-order chi connectivity index (χ1) is 14.3. The predicted molar refractivity (Wildman–Crippen MR) is 119 cm³/mol. The largest absolute Gasteiger partial charge is 0.356 e.